The molecule has 1 amide bonds. The molecule has 27 heavy (non-hydrogen) atoms. The second-order valence-electron chi connectivity index (χ2n) is 6.13. The number of carbonyl (C=O) groups excluding carboxylic acids is 1. The van der Waals surface area contributed by atoms with E-state index in [1.54, 1.807) is 6.33 Å². The lowest BCUT2D eigenvalue weighted by Crippen LogP contribution is -2.06. The molecule has 0 fully saturated rings. The van der Waals surface area contributed by atoms with E-state index >= 15 is 0 Å². The maximum absolute atomic E-state index is 11.3. The van der Waals surface area contributed by atoms with E-state index in [4.69, 9.17) is 4.52 Å². The molecule has 1 N–H and O–H groups in total. The molecular weight excluding hydrogens is 364 g/mol. The average molecular weight is 386 g/mol. The van der Waals surface area contributed by atoms with E-state index in [2.05, 4.69) is 32.6 Å². The van der Waals surface area contributed by atoms with Gasteiger partial charge in [-0.1, -0.05) is 36.3 Å². The fourth-order valence-corrected chi connectivity index (χ4v) is 3.37. The van der Waals surface area contributed by atoms with Crippen molar-refractivity contribution in [3.8, 4) is 5.69 Å². The Morgan fingerprint density at radius 3 is 3.04 bits per heavy atom. The highest BCUT2D eigenvalue weighted by Crippen LogP contribution is 2.34. The number of amides is 1. The van der Waals surface area contributed by atoms with Gasteiger partial charge in [0.1, 0.15) is 6.33 Å². The molecule has 142 valence electrons. The Kier molecular flexibility index (Phi) is 6.23. The first-order valence-electron chi connectivity index (χ1n) is 8.84. The molecule has 3 rings (SSSR count). The number of rotatable bonds is 8. The lowest BCUT2D eigenvalue weighted by atomic mass is 10.2. The number of carbonyl (C=O) groups is 1. The minimum Gasteiger partial charge on any atom is -0.338 e. The Labute approximate surface area is 161 Å². The maximum atomic E-state index is 11.3. The SMILES string of the molecule is CCCCc1noc(C(C)Sc2nncn2-c2cccc(NC(C)=O)c2)n1. The van der Waals surface area contributed by atoms with Crippen molar-refractivity contribution in [2.24, 2.45) is 0 Å². The second-order valence-corrected chi connectivity index (χ2v) is 7.44. The summed E-state index contributed by atoms with van der Waals surface area (Å²) in [7, 11) is 0. The minimum atomic E-state index is -0.116. The molecule has 1 atom stereocenters. The largest absolute Gasteiger partial charge is 0.338 e. The van der Waals surface area contributed by atoms with Crippen molar-refractivity contribution in [1.82, 2.24) is 24.9 Å². The number of hydrogen-bond acceptors (Lipinski definition) is 7. The van der Waals surface area contributed by atoms with Gasteiger partial charge in [-0.3, -0.25) is 9.36 Å². The molecule has 1 unspecified atom stereocenters. The number of aryl methyl sites for hydroxylation is 1. The zero-order valence-corrected chi connectivity index (χ0v) is 16.4. The third kappa shape index (κ3) is 4.94. The third-order valence-electron chi connectivity index (χ3n) is 3.83. The monoisotopic (exact) mass is 386 g/mol. The Morgan fingerprint density at radius 2 is 2.26 bits per heavy atom. The molecule has 1 aromatic carbocycles. The summed E-state index contributed by atoms with van der Waals surface area (Å²) in [5.74, 6) is 1.20. The van der Waals surface area contributed by atoms with Gasteiger partial charge < -0.3 is 9.84 Å². The van der Waals surface area contributed by atoms with Crippen LogP contribution in [0.4, 0.5) is 5.69 Å². The van der Waals surface area contributed by atoms with Gasteiger partial charge in [0.25, 0.3) is 0 Å². The summed E-state index contributed by atoms with van der Waals surface area (Å²) in [6.45, 7) is 5.61. The molecule has 3 aromatic rings. The van der Waals surface area contributed by atoms with Crippen molar-refractivity contribution in [1.29, 1.82) is 0 Å². The van der Waals surface area contributed by atoms with Crippen LogP contribution in [0.5, 0.6) is 0 Å². The van der Waals surface area contributed by atoms with E-state index < -0.39 is 0 Å². The first kappa shape index (κ1) is 19.1. The zero-order valence-electron chi connectivity index (χ0n) is 15.5. The van der Waals surface area contributed by atoms with Crippen molar-refractivity contribution in [3.05, 3.63) is 42.3 Å². The molecule has 0 aliphatic heterocycles. The summed E-state index contributed by atoms with van der Waals surface area (Å²) in [6.07, 6.45) is 4.60. The number of unbranched alkanes of at least 4 members (excludes halogenated alkanes) is 1. The fraction of sp³-hybridized carbons (Fsp3) is 0.389. The molecule has 0 aliphatic rings. The van der Waals surface area contributed by atoms with Crippen molar-refractivity contribution >= 4 is 23.4 Å². The fourth-order valence-electron chi connectivity index (χ4n) is 2.50. The summed E-state index contributed by atoms with van der Waals surface area (Å²) in [5, 5.41) is 15.7. The van der Waals surface area contributed by atoms with E-state index in [-0.39, 0.29) is 11.2 Å². The van der Waals surface area contributed by atoms with Crippen molar-refractivity contribution in [2.45, 2.75) is 50.4 Å². The van der Waals surface area contributed by atoms with Crippen LogP contribution >= 0.6 is 11.8 Å². The van der Waals surface area contributed by atoms with Crippen LogP contribution in [0.25, 0.3) is 5.69 Å². The van der Waals surface area contributed by atoms with E-state index in [9.17, 15) is 4.79 Å². The van der Waals surface area contributed by atoms with E-state index in [0.29, 0.717) is 11.0 Å². The first-order chi connectivity index (χ1) is 13.1. The van der Waals surface area contributed by atoms with Gasteiger partial charge in [-0.2, -0.15) is 4.98 Å². The molecule has 9 heteroatoms. The normalized spacial score (nSPS) is 12.1. The third-order valence-corrected chi connectivity index (χ3v) is 4.87. The Hall–Kier alpha value is -2.68. The molecule has 0 aliphatic carbocycles. The number of nitrogens with zero attached hydrogens (tertiary/aromatic N) is 5. The second kappa shape index (κ2) is 8.81. The smallest absolute Gasteiger partial charge is 0.239 e. The Bertz CT molecular complexity index is 907. The number of nitrogens with one attached hydrogen (secondary N) is 1. The molecule has 0 spiro atoms. The van der Waals surface area contributed by atoms with E-state index in [1.165, 1.54) is 18.7 Å². The van der Waals surface area contributed by atoms with Gasteiger partial charge in [0, 0.05) is 19.0 Å². The van der Waals surface area contributed by atoms with Gasteiger partial charge in [0.15, 0.2) is 11.0 Å². The van der Waals surface area contributed by atoms with Gasteiger partial charge in [-0.15, -0.1) is 10.2 Å². The number of aromatic nitrogens is 5. The molecule has 2 heterocycles. The van der Waals surface area contributed by atoms with Gasteiger partial charge in [0.2, 0.25) is 11.8 Å². The predicted molar refractivity (Wildman–Crippen MR) is 103 cm³/mol. The van der Waals surface area contributed by atoms with Gasteiger partial charge in [-0.05, 0) is 31.5 Å². The summed E-state index contributed by atoms with van der Waals surface area (Å²) in [4.78, 5) is 15.8. The molecule has 0 saturated carbocycles. The van der Waals surface area contributed by atoms with Gasteiger partial charge in [0.05, 0.1) is 10.9 Å². The molecular formula is C18H22N6O2S. The average Bonchev–Trinajstić information content (AvgIpc) is 3.29. The molecule has 2 aromatic heterocycles. The first-order valence-corrected chi connectivity index (χ1v) is 9.72. The quantitative estimate of drug-likeness (QED) is 0.588. The van der Waals surface area contributed by atoms with Crippen molar-refractivity contribution < 1.29 is 9.32 Å². The van der Waals surface area contributed by atoms with Crippen LogP contribution in [-0.2, 0) is 11.2 Å². The summed E-state index contributed by atoms with van der Waals surface area (Å²) in [6, 6.07) is 7.51. The molecule has 0 bridgehead atoms. The highest BCUT2D eigenvalue weighted by molar-refractivity contribution is 7.99. The Balaban J connectivity index is 1.75. The highest BCUT2D eigenvalue weighted by atomic mass is 32.2. The standard InChI is InChI=1S/C18H22N6O2S/c1-4-5-9-16-21-17(26-23-16)12(2)27-18-22-19-11-24(18)15-8-6-7-14(10-15)20-13(3)25/h6-8,10-12H,4-5,9H2,1-3H3,(H,20,25). The topological polar surface area (TPSA) is 98.7 Å². The molecule has 0 saturated heterocycles. The summed E-state index contributed by atoms with van der Waals surface area (Å²) in [5.41, 5.74) is 1.57. The van der Waals surface area contributed by atoms with Crippen molar-refractivity contribution in [2.75, 3.05) is 5.32 Å². The van der Waals surface area contributed by atoms with Crippen LogP contribution in [0, 0.1) is 0 Å². The minimum absolute atomic E-state index is 0.0608. The highest BCUT2D eigenvalue weighted by Gasteiger charge is 2.19. The number of hydrogen-bond donors (Lipinski definition) is 1. The zero-order chi connectivity index (χ0) is 19.2. The van der Waals surface area contributed by atoms with Crippen LogP contribution in [0.3, 0.4) is 0 Å². The Morgan fingerprint density at radius 1 is 1.41 bits per heavy atom. The molecule has 8 nitrogen and oxygen atoms in total. The van der Waals surface area contributed by atoms with Crippen LogP contribution < -0.4 is 5.32 Å². The maximum Gasteiger partial charge on any atom is 0.239 e. The van der Waals surface area contributed by atoms with Crippen LogP contribution in [-0.4, -0.2) is 30.8 Å². The number of thioether (sulfide) groups is 1. The summed E-state index contributed by atoms with van der Waals surface area (Å²) >= 11 is 1.49. The van der Waals surface area contributed by atoms with Gasteiger partial charge in [-0.25, -0.2) is 0 Å². The van der Waals surface area contributed by atoms with Crippen molar-refractivity contribution in [3.63, 3.8) is 0 Å². The van der Waals surface area contributed by atoms with Gasteiger partial charge >= 0.3 is 0 Å². The van der Waals surface area contributed by atoms with Crippen LogP contribution in [0.1, 0.15) is 50.6 Å². The summed E-state index contributed by atoms with van der Waals surface area (Å²) < 4.78 is 7.26. The number of anilines is 1. The van der Waals surface area contributed by atoms with Crippen LogP contribution in [0.15, 0.2) is 40.3 Å². The molecule has 0 radical (unpaired) electrons. The number of benzene rings is 1. The lowest BCUT2D eigenvalue weighted by Gasteiger charge is -2.10. The predicted octanol–water partition coefficient (Wildman–Crippen LogP) is 3.80. The van der Waals surface area contributed by atoms with Crippen LogP contribution in [0.2, 0.25) is 0 Å². The lowest BCUT2D eigenvalue weighted by molar-refractivity contribution is -0.114. The van der Waals surface area contributed by atoms with E-state index in [1.807, 2.05) is 35.8 Å². The van der Waals surface area contributed by atoms with E-state index in [0.717, 1.165) is 36.5 Å².